The van der Waals surface area contributed by atoms with E-state index < -0.39 is 5.41 Å². The summed E-state index contributed by atoms with van der Waals surface area (Å²) in [6.07, 6.45) is 4.28. The Morgan fingerprint density at radius 3 is 2.75 bits per heavy atom. The number of imide groups is 1. The third kappa shape index (κ3) is 1.85. The normalized spacial score (nSPS) is 19.5. The molecule has 0 spiro atoms. The van der Waals surface area contributed by atoms with E-state index in [0.29, 0.717) is 19.4 Å². The van der Waals surface area contributed by atoms with Crippen molar-refractivity contribution >= 4 is 11.8 Å². The zero-order chi connectivity index (χ0) is 11.8. The maximum Gasteiger partial charge on any atom is 0.235 e. The van der Waals surface area contributed by atoms with Crippen LogP contribution in [0.3, 0.4) is 0 Å². The molecular weight excluding hydrogens is 206 g/mol. The van der Waals surface area contributed by atoms with Crippen molar-refractivity contribution in [3.05, 3.63) is 18.2 Å². The highest BCUT2D eigenvalue weighted by molar-refractivity contribution is 6.05. The highest BCUT2D eigenvalue weighted by Crippen LogP contribution is 2.31. The molecule has 0 radical (unpaired) electrons. The quantitative estimate of drug-likeness (QED) is 0.765. The van der Waals surface area contributed by atoms with Gasteiger partial charge < -0.3 is 4.98 Å². The first-order chi connectivity index (χ1) is 7.50. The van der Waals surface area contributed by atoms with Gasteiger partial charge >= 0.3 is 0 Å². The van der Waals surface area contributed by atoms with Crippen molar-refractivity contribution in [1.29, 1.82) is 0 Å². The van der Waals surface area contributed by atoms with Crippen LogP contribution < -0.4 is 0 Å². The van der Waals surface area contributed by atoms with Crippen LogP contribution in [0.15, 0.2) is 12.4 Å². The highest BCUT2D eigenvalue weighted by atomic mass is 16.2. The number of aromatic amines is 1. The Hall–Kier alpha value is -1.65. The third-order valence-corrected chi connectivity index (χ3v) is 2.85. The van der Waals surface area contributed by atoms with E-state index in [-0.39, 0.29) is 11.8 Å². The summed E-state index contributed by atoms with van der Waals surface area (Å²) in [7, 11) is 0. The summed E-state index contributed by atoms with van der Waals surface area (Å²) in [5.74, 6) is 0.635. The predicted octanol–water partition coefficient (Wildman–Crippen LogP) is 0.737. The van der Waals surface area contributed by atoms with Crippen LogP contribution in [-0.4, -0.2) is 33.2 Å². The Bertz CT molecular complexity index is 409. The van der Waals surface area contributed by atoms with Crippen molar-refractivity contribution in [2.45, 2.75) is 26.7 Å². The second-order valence-electron chi connectivity index (χ2n) is 4.70. The summed E-state index contributed by atoms with van der Waals surface area (Å²) in [6.45, 7) is 4.02. The first-order valence-electron chi connectivity index (χ1n) is 5.34. The summed E-state index contributed by atoms with van der Waals surface area (Å²) >= 11 is 0. The number of imidazole rings is 1. The number of hydrogen-bond acceptors (Lipinski definition) is 3. The monoisotopic (exact) mass is 221 g/mol. The molecule has 2 rings (SSSR count). The molecule has 5 heteroatoms. The minimum atomic E-state index is -0.541. The van der Waals surface area contributed by atoms with Gasteiger partial charge in [0, 0.05) is 31.8 Å². The smallest absolute Gasteiger partial charge is 0.235 e. The van der Waals surface area contributed by atoms with E-state index in [2.05, 4.69) is 9.97 Å². The molecule has 1 aliphatic rings. The Morgan fingerprint density at radius 1 is 1.50 bits per heavy atom. The first-order valence-corrected chi connectivity index (χ1v) is 5.34. The molecule has 1 saturated heterocycles. The zero-order valence-corrected chi connectivity index (χ0v) is 9.49. The van der Waals surface area contributed by atoms with Gasteiger partial charge in [0.2, 0.25) is 11.8 Å². The molecule has 0 bridgehead atoms. The number of rotatable bonds is 3. The number of likely N-dealkylation sites (tertiary alicyclic amines) is 1. The van der Waals surface area contributed by atoms with Gasteiger partial charge in [0.15, 0.2) is 0 Å². The van der Waals surface area contributed by atoms with E-state index in [9.17, 15) is 9.59 Å². The minimum Gasteiger partial charge on any atom is -0.349 e. The Balaban J connectivity index is 2.00. The number of amides is 2. The van der Waals surface area contributed by atoms with E-state index in [1.54, 1.807) is 26.2 Å². The number of H-pyrrole nitrogens is 1. The van der Waals surface area contributed by atoms with Crippen molar-refractivity contribution in [3.8, 4) is 0 Å². The van der Waals surface area contributed by atoms with Crippen LogP contribution >= 0.6 is 0 Å². The maximum atomic E-state index is 11.9. The second-order valence-corrected chi connectivity index (χ2v) is 4.70. The van der Waals surface area contributed by atoms with E-state index in [1.807, 2.05) is 0 Å². The summed E-state index contributed by atoms with van der Waals surface area (Å²) in [5, 5.41) is 0. The fraction of sp³-hybridized carbons (Fsp3) is 0.545. The average Bonchev–Trinajstić information content (AvgIpc) is 2.74. The third-order valence-electron chi connectivity index (χ3n) is 2.85. The fourth-order valence-electron chi connectivity index (χ4n) is 1.91. The van der Waals surface area contributed by atoms with Crippen LogP contribution in [0, 0.1) is 5.41 Å². The van der Waals surface area contributed by atoms with E-state index in [4.69, 9.17) is 0 Å². The number of nitrogens with one attached hydrogen (secondary N) is 1. The van der Waals surface area contributed by atoms with Gasteiger partial charge in [0.25, 0.3) is 0 Å². The molecule has 1 aromatic rings. The van der Waals surface area contributed by atoms with Gasteiger partial charge in [-0.2, -0.15) is 0 Å². The molecule has 0 unspecified atom stereocenters. The second kappa shape index (κ2) is 3.73. The molecule has 16 heavy (non-hydrogen) atoms. The molecule has 2 heterocycles. The molecule has 0 aliphatic carbocycles. The summed E-state index contributed by atoms with van der Waals surface area (Å²) in [4.78, 5) is 31.9. The maximum absolute atomic E-state index is 11.9. The van der Waals surface area contributed by atoms with Crippen LogP contribution in [0.4, 0.5) is 0 Å². The van der Waals surface area contributed by atoms with Crippen molar-refractivity contribution in [2.75, 3.05) is 6.54 Å². The largest absolute Gasteiger partial charge is 0.349 e. The van der Waals surface area contributed by atoms with Crippen LogP contribution in [0.5, 0.6) is 0 Å². The first kappa shape index (κ1) is 10.9. The van der Waals surface area contributed by atoms with Crippen molar-refractivity contribution in [1.82, 2.24) is 14.9 Å². The SMILES string of the molecule is CC1(C)CC(=O)N(CCc2ncc[nH]2)C1=O. The number of carbonyl (C=O) groups is 2. The van der Waals surface area contributed by atoms with E-state index in [0.717, 1.165) is 5.82 Å². The van der Waals surface area contributed by atoms with Gasteiger partial charge in [0.1, 0.15) is 5.82 Å². The molecule has 1 aliphatic heterocycles. The van der Waals surface area contributed by atoms with Crippen LogP contribution in [0.25, 0.3) is 0 Å². The lowest BCUT2D eigenvalue weighted by atomic mass is 9.92. The summed E-state index contributed by atoms with van der Waals surface area (Å²) in [5.41, 5.74) is -0.541. The Kier molecular flexibility index (Phi) is 2.53. The van der Waals surface area contributed by atoms with Gasteiger partial charge in [-0.3, -0.25) is 14.5 Å². The number of nitrogens with zero attached hydrogens (tertiary/aromatic N) is 2. The molecule has 5 nitrogen and oxygen atoms in total. The average molecular weight is 221 g/mol. The zero-order valence-electron chi connectivity index (χ0n) is 9.49. The standard InChI is InChI=1S/C11H15N3O2/c1-11(2)7-9(15)14(10(11)16)6-3-8-12-4-5-13-8/h4-5H,3,6-7H2,1-2H3,(H,12,13). The molecule has 1 N–H and O–H groups in total. The molecular formula is C11H15N3O2. The molecule has 1 fully saturated rings. The molecule has 86 valence electrons. The van der Waals surface area contributed by atoms with Gasteiger partial charge in [-0.25, -0.2) is 4.98 Å². The number of aromatic nitrogens is 2. The lowest BCUT2D eigenvalue weighted by Crippen LogP contribution is -2.34. The van der Waals surface area contributed by atoms with Crippen LogP contribution in [0.1, 0.15) is 26.1 Å². The van der Waals surface area contributed by atoms with Crippen molar-refractivity contribution in [3.63, 3.8) is 0 Å². The molecule has 2 amide bonds. The summed E-state index contributed by atoms with van der Waals surface area (Å²) in [6, 6.07) is 0. The lowest BCUT2D eigenvalue weighted by molar-refractivity contribution is -0.140. The van der Waals surface area contributed by atoms with Crippen LogP contribution in [-0.2, 0) is 16.0 Å². The lowest BCUT2D eigenvalue weighted by Gasteiger charge is -2.16. The van der Waals surface area contributed by atoms with Gasteiger partial charge in [-0.1, -0.05) is 13.8 Å². The van der Waals surface area contributed by atoms with Crippen LogP contribution in [0.2, 0.25) is 0 Å². The topological polar surface area (TPSA) is 66.1 Å². The minimum absolute atomic E-state index is 0.0796. The van der Waals surface area contributed by atoms with E-state index >= 15 is 0 Å². The molecule has 0 atom stereocenters. The molecule has 0 aromatic carbocycles. The van der Waals surface area contributed by atoms with Crippen molar-refractivity contribution in [2.24, 2.45) is 5.41 Å². The molecule has 0 saturated carbocycles. The predicted molar refractivity (Wildman–Crippen MR) is 57.4 cm³/mol. The van der Waals surface area contributed by atoms with Gasteiger partial charge in [0.05, 0.1) is 5.41 Å². The van der Waals surface area contributed by atoms with Gasteiger partial charge in [-0.05, 0) is 0 Å². The Morgan fingerprint density at radius 2 is 2.25 bits per heavy atom. The van der Waals surface area contributed by atoms with E-state index in [1.165, 1.54) is 4.90 Å². The van der Waals surface area contributed by atoms with Gasteiger partial charge in [-0.15, -0.1) is 0 Å². The number of hydrogen-bond donors (Lipinski definition) is 1. The van der Waals surface area contributed by atoms with Crippen molar-refractivity contribution < 1.29 is 9.59 Å². The molecule has 1 aromatic heterocycles. The Labute approximate surface area is 93.9 Å². The summed E-state index contributed by atoms with van der Waals surface area (Å²) < 4.78 is 0. The number of carbonyl (C=O) groups excluding carboxylic acids is 2. The fourth-order valence-corrected chi connectivity index (χ4v) is 1.91. The highest BCUT2D eigenvalue weighted by Gasteiger charge is 2.44.